The number of hydrogen-bond acceptors (Lipinski definition) is 3. The number of carbonyl (C=O) groups excluding carboxylic acids is 3. The number of benzene rings is 1. The van der Waals surface area contributed by atoms with Gasteiger partial charge < -0.3 is 0 Å². The zero-order valence-corrected chi connectivity index (χ0v) is 17.1. The third-order valence-electron chi connectivity index (χ3n) is 6.47. The average molecular weight is 367 g/mol. The van der Waals surface area contributed by atoms with E-state index in [-0.39, 0.29) is 41.5 Å². The predicted molar refractivity (Wildman–Crippen MR) is 107 cm³/mol. The van der Waals surface area contributed by atoms with Crippen LogP contribution in [0.1, 0.15) is 73.5 Å². The fraction of sp³-hybridized carbons (Fsp3) is 0.542. The molecule has 0 radical (unpaired) electrons. The van der Waals surface area contributed by atoms with Crippen molar-refractivity contribution in [2.75, 3.05) is 0 Å². The number of allylic oxidation sites excluding steroid dienone is 2. The van der Waals surface area contributed by atoms with Crippen LogP contribution in [-0.4, -0.2) is 17.3 Å². The first-order valence-corrected chi connectivity index (χ1v) is 10.1. The van der Waals surface area contributed by atoms with Gasteiger partial charge in [0.25, 0.3) is 0 Å². The number of Topliss-reactive ketones (excluding diaryl/α,β-unsaturated/α-hetero) is 3. The highest BCUT2D eigenvalue weighted by Gasteiger charge is 2.43. The molecule has 0 saturated carbocycles. The summed E-state index contributed by atoms with van der Waals surface area (Å²) < 4.78 is 0. The van der Waals surface area contributed by atoms with E-state index >= 15 is 0 Å². The van der Waals surface area contributed by atoms with Crippen molar-refractivity contribution in [2.24, 2.45) is 17.8 Å². The minimum Gasteiger partial charge on any atom is -0.300 e. The van der Waals surface area contributed by atoms with Crippen molar-refractivity contribution >= 4 is 17.3 Å². The third kappa shape index (κ3) is 3.44. The molecular formula is C24H30O3. The SMILES string of the molecule is CCCC1CC2Cc3c(C)ccc(C)c3C(=O)C2=C(C)C1C(=O)CC(C)=O. The summed E-state index contributed by atoms with van der Waals surface area (Å²) in [5.74, 6) is 0.149. The Bertz CT molecular complexity index is 843. The van der Waals surface area contributed by atoms with Gasteiger partial charge in [-0.15, -0.1) is 0 Å². The Labute approximate surface area is 162 Å². The van der Waals surface area contributed by atoms with Gasteiger partial charge in [-0.2, -0.15) is 0 Å². The van der Waals surface area contributed by atoms with Gasteiger partial charge in [0.15, 0.2) is 5.78 Å². The molecule has 0 aromatic heterocycles. The zero-order chi connectivity index (χ0) is 19.9. The summed E-state index contributed by atoms with van der Waals surface area (Å²) in [4.78, 5) is 37.9. The molecule has 3 atom stereocenters. The predicted octanol–water partition coefficient (Wildman–Crippen LogP) is 4.96. The van der Waals surface area contributed by atoms with Gasteiger partial charge in [0.2, 0.25) is 0 Å². The Morgan fingerprint density at radius 1 is 1.11 bits per heavy atom. The minimum absolute atomic E-state index is 0.0102. The quantitative estimate of drug-likeness (QED) is 0.692. The molecule has 1 aromatic carbocycles. The molecule has 0 spiro atoms. The Balaban J connectivity index is 2.11. The highest BCUT2D eigenvalue weighted by Crippen LogP contribution is 2.47. The minimum atomic E-state index is -0.282. The summed E-state index contributed by atoms with van der Waals surface area (Å²) in [6.07, 6.45) is 3.70. The maximum atomic E-state index is 13.5. The summed E-state index contributed by atoms with van der Waals surface area (Å²) in [7, 11) is 0. The molecule has 144 valence electrons. The lowest BCUT2D eigenvalue weighted by Gasteiger charge is -2.41. The van der Waals surface area contributed by atoms with Gasteiger partial charge in [0.1, 0.15) is 11.6 Å². The number of hydrogen-bond donors (Lipinski definition) is 0. The van der Waals surface area contributed by atoms with Gasteiger partial charge in [0, 0.05) is 17.1 Å². The molecule has 2 aliphatic rings. The van der Waals surface area contributed by atoms with Crippen LogP contribution in [0, 0.1) is 31.6 Å². The fourth-order valence-electron chi connectivity index (χ4n) is 5.36. The highest BCUT2D eigenvalue weighted by molar-refractivity contribution is 6.13. The van der Waals surface area contributed by atoms with Gasteiger partial charge in [-0.3, -0.25) is 14.4 Å². The second-order valence-corrected chi connectivity index (χ2v) is 8.49. The van der Waals surface area contributed by atoms with Gasteiger partial charge in [-0.25, -0.2) is 0 Å². The van der Waals surface area contributed by atoms with Crippen molar-refractivity contribution in [3.8, 4) is 0 Å². The van der Waals surface area contributed by atoms with Crippen molar-refractivity contribution < 1.29 is 14.4 Å². The van der Waals surface area contributed by atoms with E-state index in [1.165, 1.54) is 18.1 Å². The zero-order valence-electron chi connectivity index (χ0n) is 17.1. The topological polar surface area (TPSA) is 51.2 Å². The summed E-state index contributed by atoms with van der Waals surface area (Å²) in [5, 5.41) is 0. The molecule has 3 nitrogen and oxygen atoms in total. The van der Waals surface area contributed by atoms with Crippen LogP contribution < -0.4 is 0 Å². The second-order valence-electron chi connectivity index (χ2n) is 8.49. The molecule has 1 aromatic rings. The van der Waals surface area contributed by atoms with E-state index in [9.17, 15) is 14.4 Å². The monoisotopic (exact) mass is 366 g/mol. The summed E-state index contributed by atoms with van der Waals surface area (Å²) >= 11 is 0. The summed E-state index contributed by atoms with van der Waals surface area (Å²) in [6, 6.07) is 4.12. The molecule has 0 amide bonds. The molecular weight excluding hydrogens is 336 g/mol. The van der Waals surface area contributed by atoms with E-state index in [0.717, 1.165) is 48.0 Å². The molecule has 0 aliphatic heterocycles. The Morgan fingerprint density at radius 2 is 1.78 bits per heavy atom. The Hall–Kier alpha value is -2.03. The number of carbonyl (C=O) groups is 3. The maximum absolute atomic E-state index is 13.5. The smallest absolute Gasteiger partial charge is 0.189 e. The average Bonchev–Trinajstić information content (AvgIpc) is 2.57. The van der Waals surface area contributed by atoms with Crippen molar-refractivity contribution in [1.82, 2.24) is 0 Å². The van der Waals surface area contributed by atoms with Crippen LogP contribution in [0.2, 0.25) is 0 Å². The highest BCUT2D eigenvalue weighted by atomic mass is 16.1. The Kier molecular flexibility index (Phi) is 5.50. The van der Waals surface area contributed by atoms with Crippen molar-refractivity contribution in [2.45, 2.75) is 66.7 Å². The van der Waals surface area contributed by atoms with E-state index in [4.69, 9.17) is 0 Å². The maximum Gasteiger partial charge on any atom is 0.189 e. The fourth-order valence-corrected chi connectivity index (χ4v) is 5.36. The van der Waals surface area contributed by atoms with Crippen LogP contribution in [0.15, 0.2) is 23.3 Å². The lowest BCUT2D eigenvalue weighted by atomic mass is 9.62. The molecule has 0 bridgehead atoms. The molecule has 3 unspecified atom stereocenters. The van der Waals surface area contributed by atoms with Crippen LogP contribution in [0.5, 0.6) is 0 Å². The summed E-state index contributed by atoms with van der Waals surface area (Å²) in [6.45, 7) is 9.64. The van der Waals surface area contributed by atoms with Crippen LogP contribution in [0.25, 0.3) is 0 Å². The first-order chi connectivity index (χ1) is 12.8. The van der Waals surface area contributed by atoms with E-state index in [2.05, 4.69) is 19.9 Å². The third-order valence-corrected chi connectivity index (χ3v) is 6.47. The van der Waals surface area contributed by atoms with E-state index < -0.39 is 0 Å². The van der Waals surface area contributed by atoms with E-state index in [1.807, 2.05) is 19.9 Å². The molecule has 3 rings (SSSR count). The lowest BCUT2D eigenvalue weighted by Crippen LogP contribution is -2.38. The molecule has 0 fully saturated rings. The Morgan fingerprint density at radius 3 is 2.41 bits per heavy atom. The van der Waals surface area contributed by atoms with Crippen molar-refractivity contribution in [3.63, 3.8) is 0 Å². The van der Waals surface area contributed by atoms with Gasteiger partial charge >= 0.3 is 0 Å². The molecule has 3 heteroatoms. The normalized spacial score (nSPS) is 24.5. The number of rotatable bonds is 5. The van der Waals surface area contributed by atoms with Crippen molar-refractivity contribution in [1.29, 1.82) is 0 Å². The van der Waals surface area contributed by atoms with Crippen LogP contribution >= 0.6 is 0 Å². The van der Waals surface area contributed by atoms with E-state index in [1.54, 1.807) is 0 Å². The van der Waals surface area contributed by atoms with Crippen molar-refractivity contribution in [3.05, 3.63) is 45.5 Å². The largest absolute Gasteiger partial charge is 0.300 e. The van der Waals surface area contributed by atoms with Crippen LogP contribution in [-0.2, 0) is 16.0 Å². The number of fused-ring (bicyclic) bond motifs is 2. The number of aryl methyl sites for hydroxylation is 2. The first kappa shape index (κ1) is 19.7. The molecule has 2 aliphatic carbocycles. The molecule has 0 saturated heterocycles. The van der Waals surface area contributed by atoms with Gasteiger partial charge in [-0.05, 0) is 75.5 Å². The van der Waals surface area contributed by atoms with E-state index in [0.29, 0.717) is 0 Å². The summed E-state index contributed by atoms with van der Waals surface area (Å²) in [5.41, 5.74) is 6.00. The van der Waals surface area contributed by atoms with Gasteiger partial charge in [0.05, 0.1) is 6.42 Å². The molecule has 27 heavy (non-hydrogen) atoms. The van der Waals surface area contributed by atoms with Crippen LogP contribution in [0.4, 0.5) is 0 Å². The second kappa shape index (κ2) is 7.53. The standard InChI is InChI=1S/C24H30O3/c1-6-7-17-11-18-12-19-13(2)8-9-14(3)21(19)24(27)23(18)16(5)22(17)20(26)10-15(4)25/h8-9,17-18,22H,6-7,10-12H2,1-5H3. The molecule has 0 N–H and O–H groups in total. The van der Waals surface area contributed by atoms with Gasteiger partial charge in [-0.1, -0.05) is 31.1 Å². The number of ketones is 3. The van der Waals surface area contributed by atoms with Crippen LogP contribution in [0.3, 0.4) is 0 Å². The first-order valence-electron chi connectivity index (χ1n) is 10.1. The lowest BCUT2D eigenvalue weighted by molar-refractivity contribution is -0.129. The molecule has 0 heterocycles.